The van der Waals surface area contributed by atoms with Crippen LogP contribution in [0, 0.1) is 0 Å². The van der Waals surface area contributed by atoms with Crippen molar-refractivity contribution in [2.45, 2.75) is 226 Å². The Morgan fingerprint density at radius 2 is 0.683 bits per heavy atom. The second kappa shape index (κ2) is 48.3. The Labute approximate surface area is 369 Å². The SMILES string of the molecule is CC\C=C/C=C\C=C/CCCCCCCC(=O)OC(COC(=O)CCCCCCC\C=C/C=C\C=C/CCCCCCC)COC(=O)CCCCCCC/C=C\CCCC. The number of unbranched alkanes of at least 4 members (excludes halogenated alkanes) is 22. The second-order valence-corrected chi connectivity index (χ2v) is 16.1. The number of carbonyl (C=O) groups is 3. The maximum absolute atomic E-state index is 12.7. The summed E-state index contributed by atoms with van der Waals surface area (Å²) in [7, 11) is 0. The van der Waals surface area contributed by atoms with Crippen LogP contribution in [-0.4, -0.2) is 37.2 Å². The molecule has 0 aliphatic carbocycles. The van der Waals surface area contributed by atoms with Crippen molar-refractivity contribution in [1.29, 1.82) is 0 Å². The average Bonchev–Trinajstić information content (AvgIpc) is 3.24. The molecule has 60 heavy (non-hydrogen) atoms. The fourth-order valence-corrected chi connectivity index (χ4v) is 6.48. The lowest BCUT2D eigenvalue weighted by molar-refractivity contribution is -0.167. The minimum Gasteiger partial charge on any atom is -0.462 e. The molecule has 0 aromatic heterocycles. The lowest BCUT2D eigenvalue weighted by Crippen LogP contribution is -2.30. The summed E-state index contributed by atoms with van der Waals surface area (Å²) >= 11 is 0. The molecule has 342 valence electrons. The summed E-state index contributed by atoms with van der Waals surface area (Å²) in [4.78, 5) is 37.9. The predicted octanol–water partition coefficient (Wildman–Crippen LogP) is 16.0. The third kappa shape index (κ3) is 45.7. The van der Waals surface area contributed by atoms with Gasteiger partial charge in [0.05, 0.1) is 0 Å². The Bertz CT molecular complexity index is 1190. The standard InChI is InChI=1S/C54H90O6/c1-4-7-10-13-16-19-22-24-25-26-27-28-30-32-35-38-41-44-47-53(56)59-50-51(49-58-52(55)46-43-40-37-34-31-21-18-15-12-9-6-3)60-54(57)48-45-42-39-36-33-29-23-20-17-14-11-8-5-2/h8,11,14-15,17-18,20,22-28,51H,4-7,9-10,12-13,16,19,21,29-50H2,1-3H3/b11-8-,17-14-,18-15-,23-20-,24-22-,26-25-,28-27-. The smallest absolute Gasteiger partial charge is 0.306 e. The van der Waals surface area contributed by atoms with Gasteiger partial charge < -0.3 is 14.2 Å². The quantitative estimate of drug-likeness (QED) is 0.0200. The second-order valence-electron chi connectivity index (χ2n) is 16.1. The molecule has 6 nitrogen and oxygen atoms in total. The minimum absolute atomic E-state index is 0.0973. The Kier molecular flexibility index (Phi) is 45.5. The first-order valence-electron chi connectivity index (χ1n) is 24.7. The molecule has 0 aromatic rings. The van der Waals surface area contributed by atoms with Crippen molar-refractivity contribution in [2.24, 2.45) is 0 Å². The molecule has 0 radical (unpaired) electrons. The number of rotatable bonds is 43. The molecule has 6 heteroatoms. The Balaban J connectivity index is 4.44. The summed E-state index contributed by atoms with van der Waals surface area (Å²) in [6.45, 7) is 6.39. The zero-order chi connectivity index (χ0) is 43.7. The molecule has 0 spiro atoms. The third-order valence-corrected chi connectivity index (χ3v) is 10.2. The van der Waals surface area contributed by atoms with Crippen LogP contribution < -0.4 is 0 Å². The molecule has 0 aliphatic heterocycles. The van der Waals surface area contributed by atoms with Gasteiger partial charge in [0.25, 0.3) is 0 Å². The van der Waals surface area contributed by atoms with Crippen molar-refractivity contribution in [3.63, 3.8) is 0 Å². The zero-order valence-corrected chi connectivity index (χ0v) is 38.9. The van der Waals surface area contributed by atoms with E-state index >= 15 is 0 Å². The monoisotopic (exact) mass is 835 g/mol. The van der Waals surface area contributed by atoms with Gasteiger partial charge in [-0.1, -0.05) is 202 Å². The van der Waals surface area contributed by atoms with Gasteiger partial charge in [-0.25, -0.2) is 0 Å². The van der Waals surface area contributed by atoms with Crippen molar-refractivity contribution in [1.82, 2.24) is 0 Å². The third-order valence-electron chi connectivity index (χ3n) is 10.2. The molecule has 0 saturated carbocycles. The molecule has 0 aliphatic rings. The van der Waals surface area contributed by atoms with E-state index in [1.807, 2.05) is 0 Å². The molecule has 0 bridgehead atoms. The first-order chi connectivity index (χ1) is 29.5. The van der Waals surface area contributed by atoms with Gasteiger partial charge in [0.15, 0.2) is 6.10 Å². The molecule has 0 aromatic carbocycles. The number of carbonyl (C=O) groups excluding carboxylic acids is 3. The van der Waals surface area contributed by atoms with Gasteiger partial charge in [0.1, 0.15) is 13.2 Å². The molecule has 0 amide bonds. The number of esters is 3. The molecule has 1 atom stereocenters. The Morgan fingerprint density at radius 1 is 0.350 bits per heavy atom. The van der Waals surface area contributed by atoms with E-state index in [1.54, 1.807) is 0 Å². The van der Waals surface area contributed by atoms with Crippen LogP contribution >= 0.6 is 0 Å². The molecule has 0 heterocycles. The summed E-state index contributed by atoms with van der Waals surface area (Å²) in [5.41, 5.74) is 0. The van der Waals surface area contributed by atoms with Crippen LogP contribution in [0.25, 0.3) is 0 Å². The van der Waals surface area contributed by atoms with E-state index in [4.69, 9.17) is 14.2 Å². The molecule has 0 saturated heterocycles. The zero-order valence-electron chi connectivity index (χ0n) is 38.9. The van der Waals surface area contributed by atoms with E-state index in [0.717, 1.165) is 122 Å². The summed E-state index contributed by atoms with van der Waals surface area (Å²) < 4.78 is 16.7. The van der Waals surface area contributed by atoms with Crippen LogP contribution in [0.15, 0.2) is 85.1 Å². The van der Waals surface area contributed by atoms with Crippen molar-refractivity contribution >= 4 is 17.9 Å². The highest BCUT2D eigenvalue weighted by Gasteiger charge is 2.19. The average molecular weight is 835 g/mol. The van der Waals surface area contributed by atoms with E-state index in [9.17, 15) is 14.4 Å². The highest BCUT2D eigenvalue weighted by Crippen LogP contribution is 2.13. The lowest BCUT2D eigenvalue weighted by Gasteiger charge is -2.18. The van der Waals surface area contributed by atoms with E-state index in [1.165, 1.54) is 57.8 Å². The number of hydrogen-bond donors (Lipinski definition) is 0. The number of ether oxygens (including phenoxy) is 3. The fourth-order valence-electron chi connectivity index (χ4n) is 6.48. The van der Waals surface area contributed by atoms with E-state index < -0.39 is 6.10 Å². The van der Waals surface area contributed by atoms with Crippen LogP contribution in [0.3, 0.4) is 0 Å². The van der Waals surface area contributed by atoms with Gasteiger partial charge in [0.2, 0.25) is 0 Å². The van der Waals surface area contributed by atoms with Gasteiger partial charge in [-0.05, 0) is 83.5 Å². The Morgan fingerprint density at radius 3 is 1.10 bits per heavy atom. The van der Waals surface area contributed by atoms with Crippen LogP contribution in [-0.2, 0) is 28.6 Å². The summed E-state index contributed by atoms with van der Waals surface area (Å²) in [5, 5.41) is 0. The van der Waals surface area contributed by atoms with Crippen molar-refractivity contribution in [2.75, 3.05) is 13.2 Å². The van der Waals surface area contributed by atoms with Crippen molar-refractivity contribution < 1.29 is 28.6 Å². The first-order valence-corrected chi connectivity index (χ1v) is 24.7. The molecular weight excluding hydrogens is 745 g/mol. The van der Waals surface area contributed by atoms with Crippen molar-refractivity contribution in [3.8, 4) is 0 Å². The fraction of sp³-hybridized carbons (Fsp3) is 0.685. The highest BCUT2D eigenvalue weighted by atomic mass is 16.6. The normalized spacial score (nSPS) is 12.8. The number of allylic oxidation sites excluding steroid dienone is 14. The predicted molar refractivity (Wildman–Crippen MR) is 256 cm³/mol. The highest BCUT2D eigenvalue weighted by molar-refractivity contribution is 5.71. The summed E-state index contributed by atoms with van der Waals surface area (Å²) in [6, 6.07) is 0. The molecule has 0 rings (SSSR count). The van der Waals surface area contributed by atoms with E-state index in [2.05, 4.69) is 106 Å². The first kappa shape index (κ1) is 56.6. The summed E-state index contributed by atoms with van der Waals surface area (Å²) in [6.07, 6.45) is 61.3. The molecular formula is C54H90O6. The molecule has 1 unspecified atom stereocenters. The lowest BCUT2D eigenvalue weighted by atomic mass is 10.1. The van der Waals surface area contributed by atoms with Gasteiger partial charge in [-0.2, -0.15) is 0 Å². The van der Waals surface area contributed by atoms with E-state index in [-0.39, 0.29) is 31.1 Å². The van der Waals surface area contributed by atoms with E-state index in [0.29, 0.717) is 19.3 Å². The van der Waals surface area contributed by atoms with Crippen LogP contribution in [0.1, 0.15) is 220 Å². The van der Waals surface area contributed by atoms with Gasteiger partial charge in [0, 0.05) is 19.3 Å². The van der Waals surface area contributed by atoms with Crippen molar-refractivity contribution in [3.05, 3.63) is 85.1 Å². The Hall–Kier alpha value is -3.41. The maximum Gasteiger partial charge on any atom is 0.306 e. The minimum atomic E-state index is -0.798. The summed E-state index contributed by atoms with van der Waals surface area (Å²) in [5.74, 6) is -0.952. The van der Waals surface area contributed by atoms with Gasteiger partial charge in [-0.3, -0.25) is 14.4 Å². The number of hydrogen-bond acceptors (Lipinski definition) is 6. The van der Waals surface area contributed by atoms with Crippen LogP contribution in [0.4, 0.5) is 0 Å². The molecule has 0 fully saturated rings. The maximum atomic E-state index is 12.7. The molecule has 0 N–H and O–H groups in total. The van der Waals surface area contributed by atoms with Gasteiger partial charge >= 0.3 is 17.9 Å². The van der Waals surface area contributed by atoms with Crippen LogP contribution in [0.5, 0.6) is 0 Å². The topological polar surface area (TPSA) is 78.9 Å². The largest absolute Gasteiger partial charge is 0.462 e. The van der Waals surface area contributed by atoms with Gasteiger partial charge in [-0.15, -0.1) is 0 Å². The van der Waals surface area contributed by atoms with Crippen LogP contribution in [0.2, 0.25) is 0 Å².